The number of carbonyl (C=O) groups is 2. The van der Waals surface area contributed by atoms with Crippen molar-refractivity contribution in [3.63, 3.8) is 0 Å². The molecule has 2 aliphatic heterocycles. The van der Waals surface area contributed by atoms with Crippen LogP contribution in [0.4, 0.5) is 5.13 Å². The number of aromatic nitrogens is 2. The van der Waals surface area contributed by atoms with Gasteiger partial charge in [-0.25, -0.2) is 4.79 Å². The average Bonchev–Trinajstić information content (AvgIpc) is 3.58. The van der Waals surface area contributed by atoms with Crippen molar-refractivity contribution < 1.29 is 28.5 Å². The Bertz CT molecular complexity index is 1120. The molecule has 1 saturated heterocycles. The molecule has 1 amide bonds. The summed E-state index contributed by atoms with van der Waals surface area (Å²) < 4.78 is 22.1. The number of methoxy groups -OCH3 is 2. The number of hydrogen-bond acceptors (Lipinski definition) is 9. The summed E-state index contributed by atoms with van der Waals surface area (Å²) in [7, 11) is 3.14. The number of amides is 1. The molecule has 1 aromatic heterocycles. The van der Waals surface area contributed by atoms with Crippen molar-refractivity contribution in [3.05, 3.63) is 38.9 Å². The number of nitrogens with zero attached hydrogens (tertiary/aromatic N) is 2. The van der Waals surface area contributed by atoms with Gasteiger partial charge in [0.05, 0.1) is 14.2 Å². The van der Waals surface area contributed by atoms with E-state index in [0.29, 0.717) is 41.5 Å². The normalized spacial score (nSPS) is 17.5. The average molecular weight is 488 g/mol. The highest BCUT2D eigenvalue weighted by Gasteiger charge is 2.32. The second kappa shape index (κ2) is 10.5. The minimum atomic E-state index is -0.379. The molecule has 1 N–H and O–H groups in total. The van der Waals surface area contributed by atoms with Gasteiger partial charge < -0.3 is 24.3 Å². The molecule has 0 saturated carbocycles. The number of benzene rings is 1. The first-order valence-electron chi connectivity index (χ1n) is 11.3. The summed E-state index contributed by atoms with van der Waals surface area (Å²) in [5.74, 6) is 0.679. The maximum atomic E-state index is 12.4. The summed E-state index contributed by atoms with van der Waals surface area (Å²) in [6, 6.07) is 0. The summed E-state index contributed by atoms with van der Waals surface area (Å²) in [4.78, 5) is 24.7. The van der Waals surface area contributed by atoms with Crippen LogP contribution in [0.2, 0.25) is 0 Å². The molecule has 1 fully saturated rings. The van der Waals surface area contributed by atoms with Crippen molar-refractivity contribution in [1.29, 1.82) is 0 Å². The van der Waals surface area contributed by atoms with E-state index < -0.39 is 0 Å². The molecular formula is C24H29N3O6S. The maximum absolute atomic E-state index is 12.4. The summed E-state index contributed by atoms with van der Waals surface area (Å²) in [5.41, 5.74) is 3.99. The predicted molar refractivity (Wildman–Crippen MR) is 127 cm³/mol. The van der Waals surface area contributed by atoms with Gasteiger partial charge in [0.1, 0.15) is 34.8 Å². The lowest BCUT2D eigenvalue weighted by molar-refractivity contribution is -0.116. The Kier molecular flexibility index (Phi) is 7.47. The Hall–Kier alpha value is -2.98. The van der Waals surface area contributed by atoms with E-state index in [1.807, 2.05) is 19.9 Å². The molecule has 34 heavy (non-hydrogen) atoms. The summed E-state index contributed by atoms with van der Waals surface area (Å²) in [6.45, 7) is 4.85. The van der Waals surface area contributed by atoms with Gasteiger partial charge in [-0.15, -0.1) is 10.2 Å². The zero-order valence-electron chi connectivity index (χ0n) is 19.9. The highest BCUT2D eigenvalue weighted by molar-refractivity contribution is 7.15. The molecule has 0 unspecified atom stereocenters. The van der Waals surface area contributed by atoms with E-state index in [1.54, 1.807) is 7.11 Å². The highest BCUT2D eigenvalue weighted by Crippen LogP contribution is 2.42. The van der Waals surface area contributed by atoms with E-state index in [-0.39, 0.29) is 24.6 Å². The molecule has 0 aliphatic carbocycles. The molecule has 1 atom stereocenters. The van der Waals surface area contributed by atoms with Crippen LogP contribution in [0.3, 0.4) is 0 Å². The van der Waals surface area contributed by atoms with Gasteiger partial charge in [0.15, 0.2) is 0 Å². The van der Waals surface area contributed by atoms with Crippen molar-refractivity contribution in [2.45, 2.75) is 58.7 Å². The Morgan fingerprint density at radius 1 is 1.24 bits per heavy atom. The zero-order valence-corrected chi connectivity index (χ0v) is 20.7. The Balaban J connectivity index is 1.39. The molecule has 9 nitrogen and oxygen atoms in total. The minimum absolute atomic E-state index is 0.00739. The van der Waals surface area contributed by atoms with Crippen LogP contribution in [0.5, 0.6) is 11.5 Å². The van der Waals surface area contributed by atoms with Gasteiger partial charge >= 0.3 is 5.97 Å². The number of fused-ring (bicyclic) bond motifs is 1. The number of cyclic esters (lactones) is 1. The SMILES string of the molecule is COc1c(C)c2c(c(OC)c1CC=C(C)CCC(=O)Nc1nnc([C@H]3CCCO3)s1)C(=O)OC2. The highest BCUT2D eigenvalue weighted by atomic mass is 32.1. The second-order valence-electron chi connectivity index (χ2n) is 8.35. The number of carbonyl (C=O) groups excluding carboxylic acids is 2. The molecule has 3 heterocycles. The summed E-state index contributed by atoms with van der Waals surface area (Å²) in [6.07, 6.45) is 5.38. The van der Waals surface area contributed by atoms with Crippen LogP contribution in [0, 0.1) is 6.92 Å². The van der Waals surface area contributed by atoms with Crippen LogP contribution >= 0.6 is 11.3 Å². The van der Waals surface area contributed by atoms with Crippen molar-refractivity contribution in [2.75, 3.05) is 26.1 Å². The van der Waals surface area contributed by atoms with Crippen LogP contribution in [0.25, 0.3) is 0 Å². The van der Waals surface area contributed by atoms with Crippen LogP contribution in [-0.4, -0.2) is 42.9 Å². The van der Waals surface area contributed by atoms with Gasteiger partial charge in [0.2, 0.25) is 11.0 Å². The molecule has 0 radical (unpaired) electrons. The standard InChI is InChI=1S/C24H29N3O6S/c1-13(8-10-18(28)25-24-27-26-22(34-24)17-6-5-11-32-17)7-9-15-20(30-3)14(2)16-12-33-23(29)19(16)21(15)31-4/h7,17H,5-6,8-12H2,1-4H3,(H,25,27,28)/t17-/m1/s1. The number of rotatable bonds is 9. The predicted octanol–water partition coefficient (Wildman–Crippen LogP) is 4.29. The Morgan fingerprint density at radius 3 is 2.74 bits per heavy atom. The molecule has 0 spiro atoms. The Labute approximate surface area is 202 Å². The summed E-state index contributed by atoms with van der Waals surface area (Å²) in [5, 5.41) is 12.3. The lowest BCUT2D eigenvalue weighted by Crippen LogP contribution is -2.11. The minimum Gasteiger partial charge on any atom is -0.496 e. The smallest absolute Gasteiger partial charge is 0.342 e. The first-order valence-corrected chi connectivity index (χ1v) is 12.1. The van der Waals surface area contributed by atoms with Gasteiger partial charge in [0, 0.05) is 24.2 Å². The van der Waals surface area contributed by atoms with Gasteiger partial charge in [-0.3, -0.25) is 4.79 Å². The number of ether oxygens (including phenoxy) is 4. The molecule has 2 aliphatic rings. The monoisotopic (exact) mass is 487 g/mol. The number of hydrogen-bond donors (Lipinski definition) is 1. The van der Waals surface area contributed by atoms with E-state index in [2.05, 4.69) is 15.5 Å². The van der Waals surface area contributed by atoms with Crippen molar-refractivity contribution in [2.24, 2.45) is 0 Å². The lowest BCUT2D eigenvalue weighted by Gasteiger charge is -2.18. The summed E-state index contributed by atoms with van der Waals surface area (Å²) >= 11 is 1.36. The fraction of sp³-hybridized carbons (Fsp3) is 0.500. The molecular weight excluding hydrogens is 458 g/mol. The quantitative estimate of drug-likeness (QED) is 0.412. The topological polar surface area (TPSA) is 109 Å². The first kappa shape index (κ1) is 24.2. The first-order chi connectivity index (χ1) is 16.4. The van der Waals surface area contributed by atoms with E-state index >= 15 is 0 Å². The number of nitrogens with one attached hydrogen (secondary N) is 1. The number of anilines is 1. The van der Waals surface area contributed by atoms with E-state index in [9.17, 15) is 9.59 Å². The Morgan fingerprint density at radius 2 is 2.03 bits per heavy atom. The molecule has 1 aromatic carbocycles. The fourth-order valence-electron chi connectivity index (χ4n) is 4.29. The van der Waals surface area contributed by atoms with Crippen LogP contribution in [-0.2, 0) is 27.3 Å². The van der Waals surface area contributed by atoms with Gasteiger partial charge in [-0.1, -0.05) is 23.0 Å². The molecule has 4 rings (SSSR count). The van der Waals surface area contributed by atoms with Crippen LogP contribution < -0.4 is 14.8 Å². The fourth-order valence-corrected chi connectivity index (χ4v) is 5.14. The van der Waals surface area contributed by atoms with Crippen LogP contribution in [0.1, 0.15) is 70.8 Å². The largest absolute Gasteiger partial charge is 0.496 e. The third-order valence-corrected chi connectivity index (χ3v) is 7.05. The zero-order chi connectivity index (χ0) is 24.2. The molecule has 0 bridgehead atoms. The molecule has 2 aromatic rings. The number of esters is 1. The van der Waals surface area contributed by atoms with E-state index in [4.69, 9.17) is 18.9 Å². The van der Waals surface area contributed by atoms with Crippen molar-refractivity contribution in [1.82, 2.24) is 10.2 Å². The second-order valence-corrected chi connectivity index (χ2v) is 9.36. The van der Waals surface area contributed by atoms with Gasteiger partial charge in [-0.2, -0.15) is 0 Å². The third kappa shape index (κ3) is 4.92. The molecule has 10 heteroatoms. The lowest BCUT2D eigenvalue weighted by atomic mass is 9.94. The van der Waals surface area contributed by atoms with Crippen molar-refractivity contribution in [3.8, 4) is 11.5 Å². The molecule has 182 valence electrons. The van der Waals surface area contributed by atoms with Gasteiger partial charge in [0.25, 0.3) is 0 Å². The number of allylic oxidation sites excluding steroid dienone is 2. The maximum Gasteiger partial charge on any atom is 0.342 e. The van der Waals surface area contributed by atoms with E-state index in [0.717, 1.165) is 46.7 Å². The van der Waals surface area contributed by atoms with Crippen molar-refractivity contribution >= 4 is 28.3 Å². The van der Waals surface area contributed by atoms with Gasteiger partial charge in [-0.05, 0) is 45.1 Å². The van der Waals surface area contributed by atoms with Crippen LogP contribution in [0.15, 0.2) is 11.6 Å². The third-order valence-electron chi connectivity index (χ3n) is 6.12. The van der Waals surface area contributed by atoms with E-state index in [1.165, 1.54) is 18.4 Å².